The molecule has 0 radical (unpaired) electrons. The number of hydrogen-bond acceptors (Lipinski definition) is 9. The molecule has 0 saturated carbocycles. The van der Waals surface area contributed by atoms with Crippen LogP contribution in [0.15, 0.2) is 24.3 Å². The van der Waals surface area contributed by atoms with E-state index in [0.717, 1.165) is 18.6 Å². The van der Waals surface area contributed by atoms with Crippen molar-refractivity contribution < 1.29 is 33.5 Å². The Balaban J connectivity index is 2.07. The molecular weight excluding hydrogens is 378 g/mol. The summed E-state index contributed by atoms with van der Waals surface area (Å²) in [5.41, 5.74) is -0.125. The summed E-state index contributed by atoms with van der Waals surface area (Å²) < 4.78 is 14.5. The van der Waals surface area contributed by atoms with Crippen molar-refractivity contribution >= 4 is 34.7 Å². The zero-order valence-corrected chi connectivity index (χ0v) is 15.7. The predicted molar refractivity (Wildman–Crippen MR) is 97.6 cm³/mol. The Kier molecular flexibility index (Phi) is 10.5. The third kappa shape index (κ3) is 10.9. The van der Waals surface area contributed by atoms with Crippen molar-refractivity contribution in [2.75, 3.05) is 19.0 Å². The highest BCUT2D eigenvalue weighted by Gasteiger charge is 2.10. The summed E-state index contributed by atoms with van der Waals surface area (Å²) in [6, 6.07) is 4.94. The van der Waals surface area contributed by atoms with Crippen molar-refractivity contribution in [3.8, 4) is 5.75 Å². The van der Waals surface area contributed by atoms with Gasteiger partial charge < -0.3 is 14.2 Å². The number of non-ortho nitro benzene ring substituents is 1. The number of nitrogens with zero attached hydrogens (tertiary/aromatic N) is 1. The molecule has 9 nitrogen and oxygen atoms in total. The van der Waals surface area contributed by atoms with E-state index in [1.54, 1.807) is 0 Å². The highest BCUT2D eigenvalue weighted by Crippen LogP contribution is 2.17. The number of nitro benzene ring substituents is 1. The van der Waals surface area contributed by atoms with E-state index in [-0.39, 0.29) is 42.2 Å². The molecule has 0 unspecified atom stereocenters. The van der Waals surface area contributed by atoms with Gasteiger partial charge >= 0.3 is 12.1 Å². The van der Waals surface area contributed by atoms with E-state index < -0.39 is 11.1 Å². The molecule has 10 heteroatoms. The van der Waals surface area contributed by atoms with E-state index in [9.17, 15) is 24.5 Å². The van der Waals surface area contributed by atoms with Gasteiger partial charge in [-0.2, -0.15) is 0 Å². The van der Waals surface area contributed by atoms with Gasteiger partial charge in [0.15, 0.2) is 5.12 Å². The van der Waals surface area contributed by atoms with Crippen molar-refractivity contribution in [3.63, 3.8) is 0 Å². The first-order valence-electron chi connectivity index (χ1n) is 8.26. The van der Waals surface area contributed by atoms with E-state index in [0.29, 0.717) is 6.42 Å². The lowest BCUT2D eigenvalue weighted by Crippen LogP contribution is -2.16. The third-order valence-electron chi connectivity index (χ3n) is 3.15. The SMILES string of the molecule is CC(=O)SCCCCCC(=O)OCCOC(=O)Oc1ccc([N+](=O)[O-])cc1. The predicted octanol–water partition coefficient (Wildman–Crippen LogP) is 3.49. The van der Waals surface area contributed by atoms with Gasteiger partial charge in [0.2, 0.25) is 0 Å². The van der Waals surface area contributed by atoms with Gasteiger partial charge in [0, 0.05) is 31.2 Å². The number of rotatable bonds is 11. The Hall–Kier alpha value is -2.62. The summed E-state index contributed by atoms with van der Waals surface area (Å²) in [7, 11) is 0. The zero-order chi connectivity index (χ0) is 20.1. The number of ether oxygens (including phenoxy) is 3. The highest BCUT2D eigenvalue weighted by molar-refractivity contribution is 8.13. The van der Waals surface area contributed by atoms with Crippen LogP contribution in [0.2, 0.25) is 0 Å². The van der Waals surface area contributed by atoms with Gasteiger partial charge in [-0.15, -0.1) is 0 Å². The van der Waals surface area contributed by atoms with Gasteiger partial charge in [0.05, 0.1) is 4.92 Å². The smallest absolute Gasteiger partial charge is 0.462 e. The Morgan fingerprint density at radius 1 is 1.04 bits per heavy atom. The molecule has 0 aliphatic carbocycles. The lowest BCUT2D eigenvalue weighted by molar-refractivity contribution is -0.384. The minimum Gasteiger partial charge on any atom is -0.462 e. The number of unbranched alkanes of at least 4 members (excludes halogenated alkanes) is 2. The van der Waals surface area contributed by atoms with Gasteiger partial charge in [-0.1, -0.05) is 18.2 Å². The molecule has 0 fully saturated rings. The van der Waals surface area contributed by atoms with Crippen molar-refractivity contribution in [1.29, 1.82) is 0 Å². The molecular formula is C17H21NO8S. The van der Waals surface area contributed by atoms with Gasteiger partial charge in [0.1, 0.15) is 19.0 Å². The summed E-state index contributed by atoms with van der Waals surface area (Å²) in [6.45, 7) is 1.27. The van der Waals surface area contributed by atoms with E-state index in [1.165, 1.54) is 43.0 Å². The first kappa shape index (κ1) is 22.4. The lowest BCUT2D eigenvalue weighted by Gasteiger charge is -2.07. The van der Waals surface area contributed by atoms with Crippen LogP contribution in [0.5, 0.6) is 5.75 Å². The summed E-state index contributed by atoms with van der Waals surface area (Å²) >= 11 is 1.27. The lowest BCUT2D eigenvalue weighted by atomic mass is 10.2. The highest BCUT2D eigenvalue weighted by atomic mass is 32.2. The molecule has 0 aliphatic heterocycles. The molecule has 0 N–H and O–H groups in total. The largest absolute Gasteiger partial charge is 0.513 e. The second-order valence-corrected chi connectivity index (χ2v) is 6.59. The van der Waals surface area contributed by atoms with E-state index in [2.05, 4.69) is 0 Å². The molecule has 1 aromatic rings. The van der Waals surface area contributed by atoms with E-state index in [4.69, 9.17) is 14.2 Å². The Morgan fingerprint density at radius 2 is 1.70 bits per heavy atom. The van der Waals surface area contributed by atoms with Crippen LogP contribution in [0.4, 0.5) is 10.5 Å². The van der Waals surface area contributed by atoms with Crippen LogP contribution in [0, 0.1) is 10.1 Å². The standard InChI is InChI=1S/C17H21NO8S/c1-13(19)27-12-4-2-3-5-16(20)24-10-11-25-17(21)26-15-8-6-14(7-9-15)18(22)23/h6-9H,2-5,10-12H2,1H3. The van der Waals surface area contributed by atoms with Crippen LogP contribution < -0.4 is 4.74 Å². The van der Waals surface area contributed by atoms with Crippen LogP contribution in [-0.2, 0) is 19.1 Å². The van der Waals surface area contributed by atoms with E-state index >= 15 is 0 Å². The van der Waals surface area contributed by atoms with Crippen LogP contribution in [0.1, 0.15) is 32.6 Å². The molecule has 148 valence electrons. The minimum atomic E-state index is -0.997. The second-order valence-electron chi connectivity index (χ2n) is 5.32. The van der Waals surface area contributed by atoms with Crippen LogP contribution in [0.25, 0.3) is 0 Å². The number of carbonyl (C=O) groups excluding carboxylic acids is 3. The Morgan fingerprint density at radius 3 is 2.33 bits per heavy atom. The average molecular weight is 399 g/mol. The molecule has 0 aromatic heterocycles. The van der Waals surface area contributed by atoms with E-state index in [1.807, 2.05) is 0 Å². The zero-order valence-electron chi connectivity index (χ0n) is 14.9. The number of thioether (sulfide) groups is 1. The normalized spacial score (nSPS) is 10.1. The monoisotopic (exact) mass is 399 g/mol. The van der Waals surface area contributed by atoms with Gasteiger partial charge in [-0.3, -0.25) is 19.7 Å². The molecule has 0 spiro atoms. The fourth-order valence-corrected chi connectivity index (χ4v) is 2.51. The van der Waals surface area contributed by atoms with Crippen molar-refractivity contribution in [2.24, 2.45) is 0 Å². The Labute approximate surface area is 160 Å². The van der Waals surface area contributed by atoms with Gasteiger partial charge in [-0.05, 0) is 25.0 Å². The average Bonchev–Trinajstić information content (AvgIpc) is 2.62. The van der Waals surface area contributed by atoms with Crippen LogP contribution in [-0.4, -0.2) is 41.1 Å². The van der Waals surface area contributed by atoms with Crippen LogP contribution >= 0.6 is 11.8 Å². The van der Waals surface area contributed by atoms with Crippen LogP contribution in [0.3, 0.4) is 0 Å². The van der Waals surface area contributed by atoms with Crippen molar-refractivity contribution in [2.45, 2.75) is 32.6 Å². The summed E-state index contributed by atoms with van der Waals surface area (Å²) in [6.07, 6.45) is 1.61. The fourth-order valence-electron chi connectivity index (χ4n) is 1.88. The topological polar surface area (TPSA) is 122 Å². The quantitative estimate of drug-likeness (QED) is 0.181. The maximum Gasteiger partial charge on any atom is 0.513 e. The molecule has 0 amide bonds. The molecule has 0 heterocycles. The summed E-state index contributed by atoms with van der Waals surface area (Å²) in [5.74, 6) is 0.460. The molecule has 1 rings (SSSR count). The maximum atomic E-state index is 11.5. The number of nitro groups is 1. The van der Waals surface area contributed by atoms with Crippen molar-refractivity contribution in [1.82, 2.24) is 0 Å². The number of carbonyl (C=O) groups is 3. The molecule has 0 aliphatic rings. The van der Waals surface area contributed by atoms with Gasteiger partial charge in [-0.25, -0.2) is 4.79 Å². The molecule has 0 saturated heterocycles. The first-order chi connectivity index (χ1) is 12.9. The molecule has 0 atom stereocenters. The summed E-state index contributed by atoms with van der Waals surface area (Å²) in [4.78, 5) is 43.6. The second kappa shape index (κ2) is 12.7. The summed E-state index contributed by atoms with van der Waals surface area (Å²) in [5, 5.41) is 10.6. The number of esters is 1. The third-order valence-corrected chi connectivity index (χ3v) is 4.04. The minimum absolute atomic E-state index is 0.0847. The Bertz CT molecular complexity index is 647. The number of hydrogen-bond donors (Lipinski definition) is 0. The first-order valence-corrected chi connectivity index (χ1v) is 9.25. The molecule has 0 bridgehead atoms. The molecule has 27 heavy (non-hydrogen) atoms. The van der Waals surface area contributed by atoms with Gasteiger partial charge in [0.25, 0.3) is 5.69 Å². The van der Waals surface area contributed by atoms with Crippen molar-refractivity contribution in [3.05, 3.63) is 34.4 Å². The molecule has 1 aromatic carbocycles. The maximum absolute atomic E-state index is 11.5. The fraction of sp³-hybridized carbons (Fsp3) is 0.471. The number of benzene rings is 1.